The van der Waals surface area contributed by atoms with Crippen LogP contribution in [0.2, 0.25) is 0 Å². The van der Waals surface area contributed by atoms with E-state index in [-0.39, 0.29) is 18.5 Å². The van der Waals surface area contributed by atoms with E-state index in [0.717, 1.165) is 57.8 Å². The van der Waals surface area contributed by atoms with Gasteiger partial charge in [0.15, 0.2) is 0 Å². The lowest BCUT2D eigenvalue weighted by molar-refractivity contribution is -0.143. The number of aliphatic hydroxyl groups is 2. The second-order valence-electron chi connectivity index (χ2n) is 18.9. The molecule has 374 valence electrons. The molecule has 2 atom stereocenters. The van der Waals surface area contributed by atoms with Gasteiger partial charge < -0.3 is 20.3 Å². The molecule has 64 heavy (non-hydrogen) atoms. The van der Waals surface area contributed by atoms with Gasteiger partial charge in [0.25, 0.3) is 0 Å². The summed E-state index contributed by atoms with van der Waals surface area (Å²) in [6.07, 6.45) is 67.1. The first-order chi connectivity index (χ1) is 31.5. The second-order valence-corrected chi connectivity index (χ2v) is 18.9. The van der Waals surface area contributed by atoms with E-state index in [1.807, 2.05) is 6.08 Å². The lowest BCUT2D eigenvalue weighted by Gasteiger charge is -2.20. The van der Waals surface area contributed by atoms with Crippen molar-refractivity contribution >= 4 is 11.9 Å². The summed E-state index contributed by atoms with van der Waals surface area (Å²) < 4.78 is 5.47. The number of ether oxygens (including phenoxy) is 1. The van der Waals surface area contributed by atoms with Crippen LogP contribution in [0.15, 0.2) is 48.6 Å². The number of allylic oxidation sites excluding steroid dienone is 7. The minimum Gasteiger partial charge on any atom is -0.466 e. The molecule has 0 saturated carbocycles. The van der Waals surface area contributed by atoms with Gasteiger partial charge in [-0.2, -0.15) is 0 Å². The summed E-state index contributed by atoms with van der Waals surface area (Å²) in [5.41, 5.74) is 0. The molecule has 0 aromatic rings. The SMILES string of the molecule is CCCCCC/C=C\C/C=C\CCCCCCCC(=O)OCCCCCCCCCCCCC/C=C\CCCCCCCCCC(=O)NC(CO)C(O)/C=C/CCCCCCCCC. The Bertz CT molecular complexity index is 1080. The third kappa shape index (κ3) is 49.3. The van der Waals surface area contributed by atoms with Gasteiger partial charge in [-0.15, -0.1) is 0 Å². The van der Waals surface area contributed by atoms with Crippen molar-refractivity contribution in [3.63, 3.8) is 0 Å². The number of unbranched alkanes of at least 4 members (excludes halogenated alkanes) is 34. The van der Waals surface area contributed by atoms with E-state index < -0.39 is 12.1 Å². The summed E-state index contributed by atoms with van der Waals surface area (Å²) in [7, 11) is 0. The monoisotopic (exact) mass is 898 g/mol. The Morgan fingerprint density at radius 2 is 0.781 bits per heavy atom. The molecule has 0 rings (SSSR count). The van der Waals surface area contributed by atoms with Gasteiger partial charge in [0.2, 0.25) is 5.91 Å². The van der Waals surface area contributed by atoms with Crippen LogP contribution >= 0.6 is 0 Å². The molecule has 0 fully saturated rings. The topological polar surface area (TPSA) is 95.9 Å². The number of amides is 1. The number of aliphatic hydroxyl groups excluding tert-OH is 2. The number of nitrogens with one attached hydrogen (secondary N) is 1. The third-order valence-corrected chi connectivity index (χ3v) is 12.6. The molecule has 0 heterocycles. The van der Waals surface area contributed by atoms with Crippen LogP contribution in [0, 0.1) is 0 Å². The van der Waals surface area contributed by atoms with Crippen molar-refractivity contribution in [2.75, 3.05) is 13.2 Å². The predicted molar refractivity (Wildman–Crippen MR) is 278 cm³/mol. The van der Waals surface area contributed by atoms with Gasteiger partial charge in [0.05, 0.1) is 25.4 Å². The van der Waals surface area contributed by atoms with Crippen molar-refractivity contribution in [3.05, 3.63) is 48.6 Å². The highest BCUT2D eigenvalue weighted by Gasteiger charge is 2.18. The van der Waals surface area contributed by atoms with Crippen LogP contribution in [0.4, 0.5) is 0 Å². The molecule has 1 amide bonds. The molecule has 0 bridgehead atoms. The molecule has 3 N–H and O–H groups in total. The van der Waals surface area contributed by atoms with E-state index in [1.165, 1.54) is 199 Å². The van der Waals surface area contributed by atoms with Gasteiger partial charge in [-0.3, -0.25) is 9.59 Å². The zero-order valence-corrected chi connectivity index (χ0v) is 42.5. The number of rotatable bonds is 51. The zero-order chi connectivity index (χ0) is 46.5. The average Bonchev–Trinajstić information content (AvgIpc) is 3.29. The van der Waals surface area contributed by atoms with Crippen molar-refractivity contribution in [2.45, 2.75) is 296 Å². The number of hydrogen-bond acceptors (Lipinski definition) is 5. The minimum absolute atomic E-state index is 0.00498. The summed E-state index contributed by atoms with van der Waals surface area (Å²) in [6.45, 7) is 4.84. The number of esters is 1. The highest BCUT2D eigenvalue weighted by molar-refractivity contribution is 5.76. The Morgan fingerprint density at radius 1 is 0.438 bits per heavy atom. The van der Waals surface area contributed by atoms with Crippen LogP contribution < -0.4 is 5.32 Å². The molecule has 0 aromatic heterocycles. The fourth-order valence-electron chi connectivity index (χ4n) is 8.25. The highest BCUT2D eigenvalue weighted by Crippen LogP contribution is 2.15. The third-order valence-electron chi connectivity index (χ3n) is 12.6. The van der Waals surface area contributed by atoms with E-state index in [2.05, 4.69) is 55.6 Å². The summed E-state index contributed by atoms with van der Waals surface area (Å²) in [6, 6.07) is -0.631. The van der Waals surface area contributed by atoms with Gasteiger partial charge in [-0.25, -0.2) is 0 Å². The standard InChI is InChI=1S/C58H107NO5/c1-3-5-7-9-11-13-14-15-16-26-29-32-36-40-44-48-52-58(63)64-53-49-45-41-37-33-30-27-24-22-20-18-17-19-21-23-25-28-31-35-39-43-47-51-57(62)59-55(54-60)56(61)50-46-42-38-34-12-10-8-6-4-2/h13-14,16,19,21,26,46,50,55-56,60-61H,3-12,15,17-18,20,22-25,27-45,47-49,51-54H2,1-2H3,(H,59,62)/b14-13-,21-19-,26-16-,50-46+. The molecular formula is C58H107NO5. The zero-order valence-electron chi connectivity index (χ0n) is 42.5. The fraction of sp³-hybridized carbons (Fsp3) is 0.828. The first kappa shape index (κ1) is 61.8. The quantitative estimate of drug-likeness (QED) is 0.0321. The maximum absolute atomic E-state index is 12.4. The Balaban J connectivity index is 3.42. The van der Waals surface area contributed by atoms with Gasteiger partial charge in [0, 0.05) is 12.8 Å². The summed E-state index contributed by atoms with van der Waals surface area (Å²) in [4.78, 5) is 24.4. The van der Waals surface area contributed by atoms with Crippen LogP contribution in [0.1, 0.15) is 284 Å². The Labute approximate surface area is 397 Å². The highest BCUT2D eigenvalue weighted by atomic mass is 16.5. The maximum Gasteiger partial charge on any atom is 0.305 e. The van der Waals surface area contributed by atoms with Gasteiger partial charge in [-0.05, 0) is 89.9 Å². The van der Waals surface area contributed by atoms with Crippen molar-refractivity contribution < 1.29 is 24.5 Å². The summed E-state index contributed by atoms with van der Waals surface area (Å²) >= 11 is 0. The number of hydrogen-bond donors (Lipinski definition) is 3. The maximum atomic E-state index is 12.4. The van der Waals surface area contributed by atoms with Crippen molar-refractivity contribution in [3.8, 4) is 0 Å². The number of carbonyl (C=O) groups is 2. The Kier molecular flexibility index (Phi) is 51.6. The fourth-order valence-corrected chi connectivity index (χ4v) is 8.25. The van der Waals surface area contributed by atoms with Crippen LogP contribution in [0.25, 0.3) is 0 Å². The molecule has 2 unspecified atom stereocenters. The molecule has 0 radical (unpaired) electrons. The van der Waals surface area contributed by atoms with E-state index in [0.29, 0.717) is 19.4 Å². The molecule has 0 aliphatic heterocycles. The Morgan fingerprint density at radius 3 is 1.22 bits per heavy atom. The van der Waals surface area contributed by atoms with Crippen LogP contribution in [0.3, 0.4) is 0 Å². The normalized spacial score (nSPS) is 13.0. The molecule has 0 spiro atoms. The minimum atomic E-state index is -0.847. The molecule has 0 aliphatic rings. The molecule has 0 saturated heterocycles. The van der Waals surface area contributed by atoms with Gasteiger partial charge in [-0.1, -0.05) is 229 Å². The van der Waals surface area contributed by atoms with Crippen molar-refractivity contribution in [1.82, 2.24) is 5.32 Å². The lowest BCUT2D eigenvalue weighted by atomic mass is 10.0. The van der Waals surface area contributed by atoms with E-state index in [9.17, 15) is 19.8 Å². The first-order valence-corrected chi connectivity index (χ1v) is 27.9. The lowest BCUT2D eigenvalue weighted by Crippen LogP contribution is -2.45. The van der Waals surface area contributed by atoms with Crippen LogP contribution in [-0.4, -0.2) is 47.4 Å². The predicted octanol–water partition coefficient (Wildman–Crippen LogP) is 17.0. The number of carbonyl (C=O) groups excluding carboxylic acids is 2. The Hall–Kier alpha value is -2.18. The van der Waals surface area contributed by atoms with E-state index in [4.69, 9.17) is 4.74 Å². The second kappa shape index (κ2) is 53.4. The summed E-state index contributed by atoms with van der Waals surface area (Å²) in [5, 5.41) is 22.9. The molecule has 0 aromatic carbocycles. The molecule has 6 nitrogen and oxygen atoms in total. The van der Waals surface area contributed by atoms with Gasteiger partial charge >= 0.3 is 5.97 Å². The van der Waals surface area contributed by atoms with Crippen molar-refractivity contribution in [2.24, 2.45) is 0 Å². The van der Waals surface area contributed by atoms with E-state index in [1.54, 1.807) is 6.08 Å². The van der Waals surface area contributed by atoms with Crippen molar-refractivity contribution in [1.29, 1.82) is 0 Å². The smallest absolute Gasteiger partial charge is 0.305 e. The van der Waals surface area contributed by atoms with Crippen LogP contribution in [0.5, 0.6) is 0 Å². The van der Waals surface area contributed by atoms with Crippen LogP contribution in [-0.2, 0) is 14.3 Å². The van der Waals surface area contributed by atoms with E-state index >= 15 is 0 Å². The molecular weight excluding hydrogens is 791 g/mol. The molecule has 0 aliphatic carbocycles. The average molecular weight is 898 g/mol. The van der Waals surface area contributed by atoms with Gasteiger partial charge in [0.1, 0.15) is 0 Å². The first-order valence-electron chi connectivity index (χ1n) is 27.9. The molecule has 6 heteroatoms. The largest absolute Gasteiger partial charge is 0.466 e. The summed E-state index contributed by atoms with van der Waals surface area (Å²) in [5.74, 6) is -0.0838.